The molecule has 0 bridgehead atoms. The van der Waals surface area contributed by atoms with Gasteiger partial charge in [-0.05, 0) is 6.07 Å². The number of hydrogen-bond donors (Lipinski definition) is 1. The average Bonchev–Trinajstić information content (AvgIpc) is 2.34. The van der Waals surface area contributed by atoms with Gasteiger partial charge in [-0.25, -0.2) is 0 Å². The van der Waals surface area contributed by atoms with Crippen LogP contribution in [-0.4, -0.2) is 6.61 Å². The normalized spacial score (nSPS) is 21.9. The van der Waals surface area contributed by atoms with Crippen LogP contribution >= 0.6 is 0 Å². The molecule has 2 nitrogen and oxygen atoms in total. The highest BCUT2D eigenvalue weighted by Gasteiger charge is 2.18. The molecule has 0 spiro atoms. The lowest BCUT2D eigenvalue weighted by Gasteiger charge is -1.96. The molecule has 0 fully saturated rings. The van der Waals surface area contributed by atoms with Gasteiger partial charge in [-0.1, -0.05) is 18.2 Å². The third-order valence-electron chi connectivity index (χ3n) is 1.74. The van der Waals surface area contributed by atoms with Crippen molar-refractivity contribution in [2.75, 3.05) is 6.61 Å². The van der Waals surface area contributed by atoms with E-state index in [2.05, 4.69) is 0 Å². The standard InChI is InChI=1S/C8H9NO/c9-7-5-10-8-4-2-1-3-6(7)8/h1-4,7H,5,9H2. The van der Waals surface area contributed by atoms with Crippen molar-refractivity contribution in [2.24, 2.45) is 5.73 Å². The minimum Gasteiger partial charge on any atom is -0.491 e. The molecule has 2 N–H and O–H groups in total. The van der Waals surface area contributed by atoms with Gasteiger partial charge < -0.3 is 10.5 Å². The maximum atomic E-state index is 5.72. The Labute approximate surface area is 59.6 Å². The van der Waals surface area contributed by atoms with E-state index in [1.54, 1.807) is 0 Å². The minimum atomic E-state index is 0.0798. The number of para-hydroxylation sites is 1. The van der Waals surface area contributed by atoms with Crippen molar-refractivity contribution in [3.63, 3.8) is 0 Å². The Bertz CT molecular complexity index is 247. The Balaban J connectivity index is 2.51. The van der Waals surface area contributed by atoms with Crippen LogP contribution in [0.3, 0.4) is 0 Å². The molecule has 0 saturated heterocycles. The van der Waals surface area contributed by atoms with E-state index in [1.165, 1.54) is 0 Å². The second-order valence-electron chi connectivity index (χ2n) is 2.46. The van der Waals surface area contributed by atoms with Gasteiger partial charge in [0.1, 0.15) is 12.4 Å². The van der Waals surface area contributed by atoms with Gasteiger partial charge in [-0.15, -0.1) is 0 Å². The first kappa shape index (κ1) is 5.74. The quantitative estimate of drug-likeness (QED) is 0.577. The highest BCUT2D eigenvalue weighted by atomic mass is 16.5. The SMILES string of the molecule is NC1COc2ccccc21. The topological polar surface area (TPSA) is 35.2 Å². The molecule has 2 heteroatoms. The van der Waals surface area contributed by atoms with Crippen LogP contribution in [0.5, 0.6) is 5.75 Å². The van der Waals surface area contributed by atoms with Crippen LogP contribution in [0.15, 0.2) is 24.3 Å². The fraction of sp³-hybridized carbons (Fsp3) is 0.250. The van der Waals surface area contributed by atoms with E-state index in [1.807, 2.05) is 24.3 Å². The van der Waals surface area contributed by atoms with Gasteiger partial charge in [-0.2, -0.15) is 0 Å². The average molecular weight is 135 g/mol. The molecule has 1 unspecified atom stereocenters. The van der Waals surface area contributed by atoms with E-state index in [0.717, 1.165) is 11.3 Å². The Hall–Kier alpha value is -1.02. The summed E-state index contributed by atoms with van der Waals surface area (Å²) >= 11 is 0. The molecule has 0 radical (unpaired) electrons. The van der Waals surface area contributed by atoms with Crippen LogP contribution in [0.1, 0.15) is 11.6 Å². The van der Waals surface area contributed by atoms with Gasteiger partial charge in [-0.3, -0.25) is 0 Å². The maximum Gasteiger partial charge on any atom is 0.124 e. The van der Waals surface area contributed by atoms with Crippen molar-refractivity contribution >= 4 is 0 Å². The van der Waals surface area contributed by atoms with Gasteiger partial charge >= 0.3 is 0 Å². The second-order valence-corrected chi connectivity index (χ2v) is 2.46. The van der Waals surface area contributed by atoms with Crippen molar-refractivity contribution in [3.8, 4) is 5.75 Å². The minimum absolute atomic E-state index is 0.0798. The van der Waals surface area contributed by atoms with Crippen LogP contribution in [-0.2, 0) is 0 Å². The van der Waals surface area contributed by atoms with E-state index < -0.39 is 0 Å². The van der Waals surface area contributed by atoms with Gasteiger partial charge in [0.2, 0.25) is 0 Å². The smallest absolute Gasteiger partial charge is 0.124 e. The van der Waals surface area contributed by atoms with E-state index in [-0.39, 0.29) is 6.04 Å². The van der Waals surface area contributed by atoms with Gasteiger partial charge in [0, 0.05) is 5.56 Å². The van der Waals surface area contributed by atoms with Crippen molar-refractivity contribution in [1.29, 1.82) is 0 Å². The van der Waals surface area contributed by atoms with Crippen LogP contribution < -0.4 is 10.5 Å². The fourth-order valence-corrected chi connectivity index (χ4v) is 1.19. The van der Waals surface area contributed by atoms with Crippen LogP contribution in [0.4, 0.5) is 0 Å². The molecule has 1 aliphatic rings. The Morgan fingerprint density at radius 2 is 2.20 bits per heavy atom. The summed E-state index contributed by atoms with van der Waals surface area (Å²) in [6.07, 6.45) is 0. The van der Waals surface area contributed by atoms with Crippen molar-refractivity contribution in [3.05, 3.63) is 29.8 Å². The first-order valence-electron chi connectivity index (χ1n) is 3.35. The summed E-state index contributed by atoms with van der Waals surface area (Å²) in [6.45, 7) is 0.624. The third kappa shape index (κ3) is 0.693. The highest BCUT2D eigenvalue weighted by Crippen LogP contribution is 2.29. The van der Waals surface area contributed by atoms with Crippen molar-refractivity contribution in [1.82, 2.24) is 0 Å². The van der Waals surface area contributed by atoms with E-state index >= 15 is 0 Å². The van der Waals surface area contributed by atoms with Gasteiger partial charge in [0.15, 0.2) is 0 Å². The molecule has 2 rings (SSSR count). The molecule has 0 saturated carbocycles. The molecule has 0 aromatic heterocycles. The number of ether oxygens (including phenoxy) is 1. The van der Waals surface area contributed by atoms with Gasteiger partial charge in [0.25, 0.3) is 0 Å². The summed E-state index contributed by atoms with van der Waals surface area (Å²) in [7, 11) is 0. The molecule has 10 heavy (non-hydrogen) atoms. The van der Waals surface area contributed by atoms with Crippen LogP contribution in [0.2, 0.25) is 0 Å². The zero-order chi connectivity index (χ0) is 6.97. The lowest BCUT2D eigenvalue weighted by Crippen LogP contribution is -2.10. The molecule has 52 valence electrons. The number of fused-ring (bicyclic) bond motifs is 1. The zero-order valence-corrected chi connectivity index (χ0v) is 5.58. The number of nitrogens with two attached hydrogens (primary N) is 1. The predicted molar refractivity (Wildman–Crippen MR) is 38.9 cm³/mol. The molecule has 0 aliphatic carbocycles. The van der Waals surface area contributed by atoms with E-state index in [4.69, 9.17) is 10.5 Å². The number of benzene rings is 1. The monoisotopic (exact) mass is 135 g/mol. The molecule has 1 aliphatic heterocycles. The summed E-state index contributed by atoms with van der Waals surface area (Å²) in [5.41, 5.74) is 6.85. The van der Waals surface area contributed by atoms with Crippen LogP contribution in [0, 0.1) is 0 Å². The largest absolute Gasteiger partial charge is 0.491 e. The fourth-order valence-electron chi connectivity index (χ4n) is 1.19. The first-order valence-corrected chi connectivity index (χ1v) is 3.35. The second kappa shape index (κ2) is 1.99. The summed E-state index contributed by atoms with van der Waals surface area (Å²) in [6, 6.07) is 7.97. The van der Waals surface area contributed by atoms with E-state index in [9.17, 15) is 0 Å². The molecule has 1 aromatic carbocycles. The molecule has 1 atom stereocenters. The van der Waals surface area contributed by atoms with Gasteiger partial charge in [0.05, 0.1) is 6.04 Å². The van der Waals surface area contributed by atoms with E-state index in [0.29, 0.717) is 6.61 Å². The highest BCUT2D eigenvalue weighted by molar-refractivity contribution is 5.38. The Morgan fingerprint density at radius 1 is 1.40 bits per heavy atom. The summed E-state index contributed by atoms with van der Waals surface area (Å²) in [4.78, 5) is 0. The van der Waals surface area contributed by atoms with Crippen LogP contribution in [0.25, 0.3) is 0 Å². The predicted octanol–water partition coefficient (Wildman–Crippen LogP) is 1.08. The summed E-state index contributed by atoms with van der Waals surface area (Å²) < 4.78 is 5.29. The van der Waals surface area contributed by atoms with Crippen molar-refractivity contribution in [2.45, 2.75) is 6.04 Å². The Morgan fingerprint density at radius 3 is 3.00 bits per heavy atom. The Kier molecular flexibility index (Phi) is 1.14. The molecule has 1 heterocycles. The lowest BCUT2D eigenvalue weighted by molar-refractivity contribution is 0.333. The molecular formula is C8H9NO. The third-order valence-corrected chi connectivity index (χ3v) is 1.74. The summed E-state index contributed by atoms with van der Waals surface area (Å²) in [5, 5.41) is 0. The molecule has 1 aromatic rings. The zero-order valence-electron chi connectivity index (χ0n) is 5.58. The first-order chi connectivity index (χ1) is 4.88. The lowest BCUT2D eigenvalue weighted by atomic mass is 10.1. The van der Waals surface area contributed by atoms with Crippen molar-refractivity contribution < 1.29 is 4.74 Å². The molecule has 0 amide bonds. The maximum absolute atomic E-state index is 5.72. The number of rotatable bonds is 0. The summed E-state index contributed by atoms with van der Waals surface area (Å²) in [5.74, 6) is 0.940. The number of hydrogen-bond acceptors (Lipinski definition) is 2. The molecular weight excluding hydrogens is 126 g/mol.